The van der Waals surface area contributed by atoms with Crippen LogP contribution in [0.1, 0.15) is 28.8 Å². The number of hydrogen-bond donors (Lipinski definition) is 2. The van der Waals surface area contributed by atoms with Crippen LogP contribution >= 0.6 is 11.6 Å². The van der Waals surface area contributed by atoms with Crippen molar-refractivity contribution in [2.45, 2.75) is 30.4 Å². The maximum absolute atomic E-state index is 12.5. The first-order valence-electron chi connectivity index (χ1n) is 8.68. The largest absolute Gasteiger partial charge is 0.377 e. The third-order valence-corrected chi connectivity index (χ3v) is 5.97. The smallest absolute Gasteiger partial charge is 0.251 e. The topological polar surface area (TPSA) is 84.5 Å². The van der Waals surface area contributed by atoms with Gasteiger partial charge in [-0.3, -0.25) is 4.79 Å². The molecule has 2 aromatic rings. The highest BCUT2D eigenvalue weighted by molar-refractivity contribution is 7.89. The molecule has 0 saturated carbocycles. The number of carbonyl (C=O) groups is 1. The van der Waals surface area contributed by atoms with E-state index in [1.165, 1.54) is 12.1 Å². The summed E-state index contributed by atoms with van der Waals surface area (Å²) in [5, 5.41) is 3.40. The summed E-state index contributed by atoms with van der Waals surface area (Å²) < 4.78 is 32.9. The molecule has 27 heavy (non-hydrogen) atoms. The van der Waals surface area contributed by atoms with E-state index in [2.05, 4.69) is 10.0 Å². The standard InChI is InChI=1S/C19H21ClN2O4S/c20-16-8-6-14(7-9-16)12-21-19(23)15-3-1-5-18(11-15)27(24,25)22-13-17-4-2-10-26-17/h1,3,5-9,11,17,22H,2,4,10,12-13H2,(H,21,23). The van der Waals surface area contributed by atoms with Crippen LogP contribution in [0.5, 0.6) is 0 Å². The summed E-state index contributed by atoms with van der Waals surface area (Å²) in [4.78, 5) is 12.4. The maximum Gasteiger partial charge on any atom is 0.251 e. The first kappa shape index (κ1) is 19.8. The Morgan fingerprint density at radius 3 is 2.67 bits per heavy atom. The van der Waals surface area contributed by atoms with Crippen molar-refractivity contribution in [2.75, 3.05) is 13.2 Å². The second-order valence-electron chi connectivity index (χ2n) is 6.32. The zero-order valence-corrected chi connectivity index (χ0v) is 16.2. The average molecular weight is 409 g/mol. The number of rotatable bonds is 7. The van der Waals surface area contributed by atoms with E-state index in [0.29, 0.717) is 18.2 Å². The number of halogens is 1. The van der Waals surface area contributed by atoms with Crippen molar-refractivity contribution in [3.05, 3.63) is 64.7 Å². The van der Waals surface area contributed by atoms with Gasteiger partial charge in [0.25, 0.3) is 5.91 Å². The molecular weight excluding hydrogens is 388 g/mol. The molecule has 0 spiro atoms. The van der Waals surface area contributed by atoms with Crippen LogP contribution in [0.4, 0.5) is 0 Å². The van der Waals surface area contributed by atoms with Gasteiger partial charge in [0.15, 0.2) is 0 Å². The Morgan fingerprint density at radius 1 is 1.19 bits per heavy atom. The summed E-state index contributed by atoms with van der Waals surface area (Å²) in [6.07, 6.45) is 1.69. The molecule has 1 saturated heterocycles. The minimum absolute atomic E-state index is 0.0552. The minimum Gasteiger partial charge on any atom is -0.377 e. The Hall–Kier alpha value is -1.93. The summed E-state index contributed by atoms with van der Waals surface area (Å²) in [6, 6.07) is 13.1. The van der Waals surface area contributed by atoms with Crippen LogP contribution in [0, 0.1) is 0 Å². The van der Waals surface area contributed by atoms with E-state index in [9.17, 15) is 13.2 Å². The molecule has 0 aromatic heterocycles. The fraction of sp³-hybridized carbons (Fsp3) is 0.316. The van der Waals surface area contributed by atoms with E-state index >= 15 is 0 Å². The van der Waals surface area contributed by atoms with E-state index in [1.807, 2.05) is 12.1 Å². The van der Waals surface area contributed by atoms with E-state index in [1.54, 1.807) is 24.3 Å². The zero-order valence-electron chi connectivity index (χ0n) is 14.7. The molecule has 2 aromatic carbocycles. The molecule has 1 amide bonds. The third kappa shape index (κ3) is 5.52. The quantitative estimate of drug-likeness (QED) is 0.737. The van der Waals surface area contributed by atoms with Crippen LogP contribution in [0.25, 0.3) is 0 Å². The highest BCUT2D eigenvalue weighted by Gasteiger charge is 2.21. The first-order chi connectivity index (χ1) is 12.9. The Balaban J connectivity index is 1.62. The fourth-order valence-corrected chi connectivity index (χ4v) is 4.02. The van der Waals surface area contributed by atoms with Gasteiger partial charge in [0.2, 0.25) is 10.0 Å². The number of benzene rings is 2. The van der Waals surface area contributed by atoms with Crippen molar-refractivity contribution in [3.63, 3.8) is 0 Å². The molecule has 1 unspecified atom stereocenters. The van der Waals surface area contributed by atoms with Crippen LogP contribution in [-0.2, 0) is 21.3 Å². The normalized spacial score (nSPS) is 17.0. The Morgan fingerprint density at radius 2 is 1.96 bits per heavy atom. The van der Waals surface area contributed by atoms with Crippen molar-refractivity contribution in [1.82, 2.24) is 10.0 Å². The van der Waals surface area contributed by atoms with E-state index < -0.39 is 10.0 Å². The van der Waals surface area contributed by atoms with E-state index in [-0.39, 0.29) is 29.0 Å². The summed E-state index contributed by atoms with van der Waals surface area (Å²) in [5.74, 6) is -0.346. The van der Waals surface area contributed by atoms with Crippen LogP contribution in [0.3, 0.4) is 0 Å². The number of hydrogen-bond acceptors (Lipinski definition) is 4. The van der Waals surface area contributed by atoms with Crippen molar-refractivity contribution in [2.24, 2.45) is 0 Å². The molecule has 0 radical (unpaired) electrons. The molecule has 2 N–H and O–H groups in total. The molecular formula is C19H21ClN2O4S. The molecule has 1 atom stereocenters. The second-order valence-corrected chi connectivity index (χ2v) is 8.53. The highest BCUT2D eigenvalue weighted by atomic mass is 35.5. The molecule has 144 valence electrons. The van der Waals surface area contributed by atoms with Gasteiger partial charge in [0, 0.05) is 30.3 Å². The van der Waals surface area contributed by atoms with Gasteiger partial charge >= 0.3 is 0 Å². The van der Waals surface area contributed by atoms with Gasteiger partial charge in [0.05, 0.1) is 11.0 Å². The lowest BCUT2D eigenvalue weighted by Crippen LogP contribution is -2.32. The van der Waals surface area contributed by atoms with Crippen molar-refractivity contribution in [3.8, 4) is 0 Å². The molecule has 1 fully saturated rings. The molecule has 1 aliphatic rings. The Bertz CT molecular complexity index is 894. The average Bonchev–Trinajstić information content (AvgIpc) is 3.20. The van der Waals surface area contributed by atoms with Gasteiger partial charge in [-0.1, -0.05) is 29.8 Å². The molecule has 6 nitrogen and oxygen atoms in total. The van der Waals surface area contributed by atoms with Crippen molar-refractivity contribution >= 4 is 27.5 Å². The summed E-state index contributed by atoms with van der Waals surface area (Å²) >= 11 is 5.84. The number of sulfonamides is 1. The van der Waals surface area contributed by atoms with Gasteiger partial charge in [-0.15, -0.1) is 0 Å². The molecule has 1 heterocycles. The molecule has 8 heteroatoms. The lowest BCUT2D eigenvalue weighted by atomic mass is 10.2. The van der Waals surface area contributed by atoms with Gasteiger partial charge in [-0.05, 0) is 48.7 Å². The van der Waals surface area contributed by atoms with Gasteiger partial charge in [-0.2, -0.15) is 0 Å². The number of carbonyl (C=O) groups excluding carboxylic acids is 1. The Labute approximate surface area is 163 Å². The van der Waals surface area contributed by atoms with Crippen LogP contribution in [-0.4, -0.2) is 33.6 Å². The predicted molar refractivity (Wildman–Crippen MR) is 103 cm³/mol. The third-order valence-electron chi connectivity index (χ3n) is 4.30. The minimum atomic E-state index is -3.70. The summed E-state index contributed by atoms with van der Waals surface area (Å²) in [6.45, 7) is 1.22. The Kier molecular flexibility index (Phi) is 6.49. The van der Waals surface area contributed by atoms with Gasteiger partial charge in [-0.25, -0.2) is 13.1 Å². The highest BCUT2D eigenvalue weighted by Crippen LogP contribution is 2.15. The lowest BCUT2D eigenvalue weighted by Gasteiger charge is -2.12. The monoisotopic (exact) mass is 408 g/mol. The summed E-state index contributed by atoms with van der Waals surface area (Å²) in [5.41, 5.74) is 1.18. The number of ether oxygens (including phenoxy) is 1. The van der Waals surface area contributed by atoms with Gasteiger partial charge < -0.3 is 10.1 Å². The van der Waals surface area contributed by atoms with Crippen molar-refractivity contribution < 1.29 is 17.9 Å². The lowest BCUT2D eigenvalue weighted by molar-refractivity contribution is 0.0950. The van der Waals surface area contributed by atoms with Gasteiger partial charge in [0.1, 0.15) is 0 Å². The second kappa shape index (κ2) is 8.84. The van der Waals surface area contributed by atoms with E-state index in [0.717, 1.165) is 18.4 Å². The van der Waals surface area contributed by atoms with E-state index in [4.69, 9.17) is 16.3 Å². The zero-order chi connectivity index (χ0) is 19.3. The first-order valence-corrected chi connectivity index (χ1v) is 10.5. The molecule has 1 aliphatic heterocycles. The molecule has 0 bridgehead atoms. The molecule has 0 aliphatic carbocycles. The van der Waals surface area contributed by atoms with Crippen LogP contribution in [0.15, 0.2) is 53.4 Å². The molecule has 3 rings (SSSR count). The fourth-order valence-electron chi connectivity index (χ4n) is 2.78. The summed E-state index contributed by atoms with van der Waals surface area (Å²) in [7, 11) is -3.70. The van der Waals surface area contributed by atoms with Crippen LogP contribution in [0.2, 0.25) is 5.02 Å². The van der Waals surface area contributed by atoms with Crippen LogP contribution < -0.4 is 10.0 Å². The SMILES string of the molecule is O=C(NCc1ccc(Cl)cc1)c1cccc(S(=O)(=O)NCC2CCCO2)c1. The number of amides is 1. The van der Waals surface area contributed by atoms with Crippen molar-refractivity contribution in [1.29, 1.82) is 0 Å². The number of nitrogens with one attached hydrogen (secondary N) is 2. The predicted octanol–water partition coefficient (Wildman–Crippen LogP) is 2.73. The maximum atomic E-state index is 12.5.